The number of nitrogens with zero attached hydrogens (tertiary/aromatic N) is 5. The van der Waals surface area contributed by atoms with E-state index in [4.69, 9.17) is 16.3 Å². The van der Waals surface area contributed by atoms with Crippen LogP contribution in [-0.2, 0) is 4.74 Å². The summed E-state index contributed by atoms with van der Waals surface area (Å²) in [5.74, 6) is -0.536. The fourth-order valence-corrected chi connectivity index (χ4v) is 2.82. The van der Waals surface area contributed by atoms with Gasteiger partial charge >= 0.3 is 5.97 Å². The third-order valence-electron chi connectivity index (χ3n) is 3.88. The molecule has 1 aromatic carbocycles. The van der Waals surface area contributed by atoms with Crippen LogP contribution in [0.3, 0.4) is 0 Å². The van der Waals surface area contributed by atoms with Crippen molar-refractivity contribution in [1.82, 2.24) is 24.7 Å². The standard InChI is InChI=1S/C19H20ClN5O2/c1-5-27-19(26)17-15(10-11-24(3)4)25-18(22-21-17)16(12(2)23-25)13-6-8-14(20)9-7-13/h6-11H,5H2,1-4H3. The second-order valence-electron chi connectivity index (χ2n) is 6.14. The molecule has 2 aromatic heterocycles. The number of esters is 1. The molecule has 0 unspecified atom stereocenters. The second kappa shape index (κ2) is 7.75. The van der Waals surface area contributed by atoms with Crippen LogP contribution in [0.4, 0.5) is 0 Å². The van der Waals surface area contributed by atoms with Gasteiger partial charge in [-0.3, -0.25) is 0 Å². The lowest BCUT2D eigenvalue weighted by atomic mass is 10.1. The van der Waals surface area contributed by atoms with Crippen molar-refractivity contribution in [1.29, 1.82) is 0 Å². The first-order chi connectivity index (χ1) is 12.9. The number of hydrogen-bond acceptors (Lipinski definition) is 6. The third-order valence-corrected chi connectivity index (χ3v) is 4.14. The van der Waals surface area contributed by atoms with Crippen molar-refractivity contribution in [3.05, 3.63) is 52.6 Å². The van der Waals surface area contributed by atoms with Crippen LogP contribution in [0.2, 0.25) is 5.02 Å². The van der Waals surface area contributed by atoms with Gasteiger partial charge in [-0.25, -0.2) is 9.31 Å². The Morgan fingerprint density at radius 1 is 1.26 bits per heavy atom. The smallest absolute Gasteiger partial charge is 0.361 e. The zero-order chi connectivity index (χ0) is 19.6. The van der Waals surface area contributed by atoms with Gasteiger partial charge in [0, 0.05) is 25.3 Å². The Morgan fingerprint density at radius 2 is 1.96 bits per heavy atom. The Balaban J connectivity index is 2.25. The maximum absolute atomic E-state index is 12.3. The van der Waals surface area contributed by atoms with E-state index in [1.54, 1.807) is 17.5 Å². The molecule has 0 spiro atoms. The Morgan fingerprint density at radius 3 is 2.59 bits per heavy atom. The molecule has 3 aromatic rings. The lowest BCUT2D eigenvalue weighted by Gasteiger charge is -2.08. The number of halogens is 1. The van der Waals surface area contributed by atoms with E-state index in [0.717, 1.165) is 16.8 Å². The summed E-state index contributed by atoms with van der Waals surface area (Å²) in [6.45, 7) is 3.89. The van der Waals surface area contributed by atoms with Gasteiger partial charge in [0.1, 0.15) is 5.69 Å². The number of aryl methyl sites for hydroxylation is 1. The van der Waals surface area contributed by atoms with E-state index in [1.807, 2.05) is 56.4 Å². The highest BCUT2D eigenvalue weighted by molar-refractivity contribution is 6.30. The first-order valence-corrected chi connectivity index (χ1v) is 8.84. The maximum Gasteiger partial charge on any atom is 0.361 e. The molecule has 0 radical (unpaired) electrons. The summed E-state index contributed by atoms with van der Waals surface area (Å²) in [5.41, 5.74) is 3.72. The van der Waals surface area contributed by atoms with E-state index in [2.05, 4.69) is 15.3 Å². The molecule has 0 fully saturated rings. The maximum atomic E-state index is 12.3. The van der Waals surface area contributed by atoms with Crippen molar-refractivity contribution in [2.75, 3.05) is 20.7 Å². The van der Waals surface area contributed by atoms with Gasteiger partial charge in [0.05, 0.1) is 17.9 Å². The van der Waals surface area contributed by atoms with Crippen molar-refractivity contribution >= 4 is 29.3 Å². The Kier molecular flexibility index (Phi) is 5.41. The number of carbonyl (C=O) groups excluding carboxylic acids is 1. The summed E-state index contributed by atoms with van der Waals surface area (Å²) in [5, 5.41) is 13.6. The van der Waals surface area contributed by atoms with Gasteiger partial charge in [-0.2, -0.15) is 5.10 Å². The lowest BCUT2D eigenvalue weighted by Crippen LogP contribution is -2.14. The van der Waals surface area contributed by atoms with Crippen LogP contribution >= 0.6 is 11.6 Å². The van der Waals surface area contributed by atoms with Crippen LogP contribution in [0.25, 0.3) is 22.9 Å². The SMILES string of the molecule is CCOC(=O)c1nnc2c(-c3ccc(Cl)cc3)c(C)nn2c1C=CN(C)C. The summed E-state index contributed by atoms with van der Waals surface area (Å²) >= 11 is 6.00. The minimum Gasteiger partial charge on any atom is -0.461 e. The van der Waals surface area contributed by atoms with E-state index in [9.17, 15) is 4.79 Å². The molecule has 0 amide bonds. The van der Waals surface area contributed by atoms with Crippen molar-refractivity contribution in [3.63, 3.8) is 0 Å². The van der Waals surface area contributed by atoms with Crippen molar-refractivity contribution in [2.45, 2.75) is 13.8 Å². The molecule has 8 heteroatoms. The van der Waals surface area contributed by atoms with E-state index in [-0.39, 0.29) is 12.3 Å². The molecule has 0 atom stereocenters. The largest absolute Gasteiger partial charge is 0.461 e. The zero-order valence-corrected chi connectivity index (χ0v) is 16.4. The molecular formula is C19H20ClN5O2. The first-order valence-electron chi connectivity index (χ1n) is 8.46. The predicted molar refractivity (Wildman–Crippen MR) is 105 cm³/mol. The molecular weight excluding hydrogens is 366 g/mol. The van der Waals surface area contributed by atoms with E-state index < -0.39 is 5.97 Å². The van der Waals surface area contributed by atoms with Crippen molar-refractivity contribution < 1.29 is 9.53 Å². The lowest BCUT2D eigenvalue weighted by molar-refractivity contribution is 0.0517. The number of carbonyl (C=O) groups is 1. The molecule has 7 nitrogen and oxygen atoms in total. The van der Waals surface area contributed by atoms with Crippen molar-refractivity contribution in [2.24, 2.45) is 0 Å². The average Bonchev–Trinajstić information content (AvgIpc) is 2.96. The third kappa shape index (κ3) is 3.78. The van der Waals surface area contributed by atoms with Gasteiger partial charge in [-0.1, -0.05) is 23.7 Å². The summed E-state index contributed by atoms with van der Waals surface area (Å²) < 4.78 is 6.74. The van der Waals surface area contributed by atoms with Crippen LogP contribution in [0.5, 0.6) is 0 Å². The van der Waals surface area contributed by atoms with Crippen LogP contribution < -0.4 is 0 Å². The van der Waals surface area contributed by atoms with Crippen LogP contribution in [0.1, 0.15) is 28.8 Å². The topological polar surface area (TPSA) is 72.6 Å². The highest BCUT2D eigenvalue weighted by atomic mass is 35.5. The van der Waals surface area contributed by atoms with Gasteiger partial charge in [0.15, 0.2) is 11.3 Å². The minimum atomic E-state index is -0.536. The Labute approximate surface area is 162 Å². The highest BCUT2D eigenvalue weighted by Gasteiger charge is 2.22. The monoisotopic (exact) mass is 385 g/mol. The molecule has 0 aliphatic heterocycles. The molecule has 0 saturated heterocycles. The number of hydrogen-bond donors (Lipinski definition) is 0. The van der Waals surface area contributed by atoms with Gasteiger partial charge in [0.25, 0.3) is 0 Å². The molecule has 0 N–H and O–H groups in total. The normalized spacial score (nSPS) is 11.3. The van der Waals surface area contributed by atoms with E-state index in [1.165, 1.54) is 0 Å². The molecule has 0 bridgehead atoms. The fraction of sp³-hybridized carbons (Fsp3) is 0.263. The molecule has 3 rings (SSSR count). The Hall–Kier alpha value is -2.93. The van der Waals surface area contributed by atoms with Gasteiger partial charge in [-0.05, 0) is 37.6 Å². The summed E-state index contributed by atoms with van der Waals surface area (Å²) in [6, 6.07) is 7.44. The highest BCUT2D eigenvalue weighted by Crippen LogP contribution is 2.29. The molecule has 27 heavy (non-hydrogen) atoms. The molecule has 0 aliphatic carbocycles. The summed E-state index contributed by atoms with van der Waals surface area (Å²) in [6.07, 6.45) is 3.59. The number of ether oxygens (including phenoxy) is 1. The summed E-state index contributed by atoms with van der Waals surface area (Å²) in [7, 11) is 3.78. The molecule has 2 heterocycles. The second-order valence-corrected chi connectivity index (χ2v) is 6.57. The zero-order valence-electron chi connectivity index (χ0n) is 15.6. The Bertz CT molecular complexity index is 1010. The molecule has 0 aliphatic rings. The fourth-order valence-electron chi connectivity index (χ4n) is 2.69. The number of fused-ring (bicyclic) bond motifs is 1. The molecule has 140 valence electrons. The van der Waals surface area contributed by atoms with Crippen LogP contribution in [0, 0.1) is 6.92 Å². The predicted octanol–water partition coefficient (Wildman–Crippen LogP) is 3.46. The van der Waals surface area contributed by atoms with E-state index in [0.29, 0.717) is 16.4 Å². The van der Waals surface area contributed by atoms with Crippen molar-refractivity contribution in [3.8, 4) is 11.1 Å². The number of aromatic nitrogens is 4. The van der Waals surface area contributed by atoms with E-state index >= 15 is 0 Å². The van der Waals surface area contributed by atoms with Gasteiger partial charge in [-0.15, -0.1) is 10.2 Å². The number of rotatable bonds is 5. The minimum absolute atomic E-state index is 0.118. The van der Waals surface area contributed by atoms with Crippen LogP contribution in [0.15, 0.2) is 30.5 Å². The quantitative estimate of drug-likeness (QED) is 0.626. The summed E-state index contributed by atoms with van der Waals surface area (Å²) in [4.78, 5) is 14.2. The molecule has 0 saturated carbocycles. The first kappa shape index (κ1) is 18.8. The average molecular weight is 386 g/mol. The van der Waals surface area contributed by atoms with Crippen LogP contribution in [-0.4, -0.2) is 51.4 Å². The number of benzene rings is 1. The van der Waals surface area contributed by atoms with Gasteiger partial charge < -0.3 is 9.64 Å². The van der Waals surface area contributed by atoms with Gasteiger partial charge in [0.2, 0.25) is 0 Å².